The minimum absolute atomic E-state index is 0.0426. The number of aliphatic hydroxyl groups is 1. The first-order chi connectivity index (χ1) is 16.0. The Hall–Kier alpha value is -2.92. The third-order valence-electron chi connectivity index (χ3n) is 4.92. The van der Waals surface area contributed by atoms with Crippen molar-refractivity contribution < 1.29 is 19.1 Å². The summed E-state index contributed by atoms with van der Waals surface area (Å²) in [5.41, 5.74) is 0.915. The number of hydrogen-bond acceptors (Lipinski definition) is 9. The van der Waals surface area contributed by atoms with E-state index in [0.717, 1.165) is 5.56 Å². The summed E-state index contributed by atoms with van der Waals surface area (Å²) in [6.45, 7) is 0. The van der Waals surface area contributed by atoms with Crippen molar-refractivity contribution in [3.8, 4) is 0 Å². The molecular formula is C22H14ClN3O4S3. The fourth-order valence-corrected chi connectivity index (χ4v) is 6.38. The third kappa shape index (κ3) is 4.10. The van der Waals surface area contributed by atoms with Crippen molar-refractivity contribution in [3.05, 3.63) is 92.7 Å². The second-order valence-corrected chi connectivity index (χ2v) is 10.5. The lowest BCUT2D eigenvalue weighted by Gasteiger charge is -2.22. The molecule has 0 radical (unpaired) electrons. The summed E-state index contributed by atoms with van der Waals surface area (Å²) in [7, 11) is 0. The molecule has 1 aromatic carbocycles. The molecule has 5 rings (SSSR count). The SMILES string of the molecule is O=C(C1=C(O)C(=O)N(c2nnc(SCc3ccccc3Cl)s2)C1c1cccs1)c1ccco1. The molecule has 0 bridgehead atoms. The number of amides is 1. The second-order valence-electron chi connectivity index (χ2n) is 6.89. The molecule has 0 spiro atoms. The standard InChI is InChI=1S/C22H14ClN3O4S3/c23-13-6-2-1-5-12(13)11-32-22-25-24-21(33-22)26-17(15-8-4-10-31-15)16(19(28)20(26)29)18(27)14-7-3-9-30-14/h1-10,17,28H,11H2. The smallest absolute Gasteiger partial charge is 0.296 e. The summed E-state index contributed by atoms with van der Waals surface area (Å²) in [5, 5.41) is 21.9. The van der Waals surface area contributed by atoms with Crippen LogP contribution in [0.1, 0.15) is 27.0 Å². The van der Waals surface area contributed by atoms with E-state index in [1.54, 1.807) is 12.1 Å². The van der Waals surface area contributed by atoms with Crippen molar-refractivity contribution >= 4 is 62.9 Å². The Kier molecular flexibility index (Phi) is 6.07. The van der Waals surface area contributed by atoms with Gasteiger partial charge in [0.05, 0.1) is 11.8 Å². The van der Waals surface area contributed by atoms with Gasteiger partial charge in [-0.05, 0) is 35.2 Å². The van der Waals surface area contributed by atoms with Gasteiger partial charge in [-0.2, -0.15) is 0 Å². The van der Waals surface area contributed by atoms with Crippen molar-refractivity contribution in [3.63, 3.8) is 0 Å². The second kappa shape index (κ2) is 9.14. The van der Waals surface area contributed by atoms with Crippen LogP contribution in [0, 0.1) is 0 Å². The van der Waals surface area contributed by atoms with Gasteiger partial charge in [0.1, 0.15) is 6.04 Å². The summed E-state index contributed by atoms with van der Waals surface area (Å²) in [5.74, 6) is -1.24. The molecule has 4 aromatic rings. The van der Waals surface area contributed by atoms with Crippen molar-refractivity contribution in [2.75, 3.05) is 4.90 Å². The van der Waals surface area contributed by atoms with E-state index in [1.165, 1.54) is 51.7 Å². The Labute approximate surface area is 205 Å². The zero-order valence-electron chi connectivity index (χ0n) is 16.7. The molecule has 1 unspecified atom stereocenters. The monoisotopic (exact) mass is 515 g/mol. The lowest BCUT2D eigenvalue weighted by molar-refractivity contribution is -0.117. The fourth-order valence-electron chi connectivity index (χ4n) is 3.40. The molecule has 4 heterocycles. The fraction of sp³-hybridized carbons (Fsp3) is 0.0909. The van der Waals surface area contributed by atoms with E-state index in [-0.39, 0.29) is 16.5 Å². The molecule has 0 saturated heterocycles. The van der Waals surface area contributed by atoms with Gasteiger partial charge in [-0.1, -0.05) is 59.0 Å². The van der Waals surface area contributed by atoms with Gasteiger partial charge in [0.25, 0.3) is 5.91 Å². The number of thioether (sulfide) groups is 1. The number of hydrogen-bond donors (Lipinski definition) is 1. The number of Topliss-reactive ketones (excluding diaryl/α,β-unsaturated/α-hetero) is 1. The highest BCUT2D eigenvalue weighted by Crippen LogP contribution is 2.45. The molecule has 1 aliphatic heterocycles. The zero-order valence-corrected chi connectivity index (χ0v) is 19.9. The number of anilines is 1. The maximum absolute atomic E-state index is 13.1. The first-order valence-electron chi connectivity index (χ1n) is 9.62. The molecule has 0 saturated carbocycles. The Morgan fingerprint density at radius 3 is 2.76 bits per heavy atom. The zero-order chi connectivity index (χ0) is 22.9. The van der Waals surface area contributed by atoms with Crippen LogP contribution in [0.25, 0.3) is 0 Å². The Balaban J connectivity index is 1.46. The summed E-state index contributed by atoms with van der Waals surface area (Å²) >= 11 is 10.2. The maximum atomic E-state index is 13.1. The van der Waals surface area contributed by atoms with Gasteiger partial charge in [-0.25, -0.2) is 0 Å². The summed E-state index contributed by atoms with van der Waals surface area (Å²) in [6.07, 6.45) is 1.37. The number of aromatic nitrogens is 2. The van der Waals surface area contributed by atoms with Crippen molar-refractivity contribution in [2.45, 2.75) is 16.1 Å². The maximum Gasteiger partial charge on any atom is 0.296 e. The van der Waals surface area contributed by atoms with Crippen molar-refractivity contribution in [1.29, 1.82) is 0 Å². The van der Waals surface area contributed by atoms with Crippen LogP contribution in [0.4, 0.5) is 5.13 Å². The molecule has 7 nitrogen and oxygen atoms in total. The molecule has 1 aliphatic rings. The van der Waals surface area contributed by atoms with Gasteiger partial charge in [-0.3, -0.25) is 14.5 Å². The van der Waals surface area contributed by atoms with E-state index in [9.17, 15) is 14.7 Å². The number of ketones is 1. The van der Waals surface area contributed by atoms with Crippen LogP contribution in [0.5, 0.6) is 0 Å². The van der Waals surface area contributed by atoms with E-state index in [0.29, 0.717) is 20.0 Å². The summed E-state index contributed by atoms with van der Waals surface area (Å²) < 4.78 is 5.86. The van der Waals surface area contributed by atoms with Crippen molar-refractivity contribution in [1.82, 2.24) is 10.2 Å². The summed E-state index contributed by atoms with van der Waals surface area (Å²) in [6, 6.07) is 13.4. The Morgan fingerprint density at radius 1 is 1.18 bits per heavy atom. The minimum Gasteiger partial charge on any atom is -0.503 e. The Bertz CT molecular complexity index is 1350. The largest absolute Gasteiger partial charge is 0.503 e. The molecule has 11 heteroatoms. The first kappa shape index (κ1) is 21.9. The van der Waals surface area contributed by atoms with E-state index < -0.39 is 23.5 Å². The molecule has 1 amide bonds. The minimum atomic E-state index is -0.829. The Morgan fingerprint density at radius 2 is 2.03 bits per heavy atom. The van der Waals surface area contributed by atoms with Crippen LogP contribution in [0.2, 0.25) is 5.02 Å². The number of halogens is 1. The average molecular weight is 516 g/mol. The molecule has 1 N–H and O–H groups in total. The lowest BCUT2D eigenvalue weighted by atomic mass is 10.0. The number of furan rings is 1. The molecule has 0 aliphatic carbocycles. The molecule has 1 atom stereocenters. The van der Waals surface area contributed by atoms with E-state index in [4.69, 9.17) is 16.0 Å². The van der Waals surface area contributed by atoms with Crippen LogP contribution < -0.4 is 4.90 Å². The van der Waals surface area contributed by atoms with Gasteiger partial charge >= 0.3 is 0 Å². The number of nitrogens with zero attached hydrogens (tertiary/aromatic N) is 3. The highest BCUT2D eigenvalue weighted by Gasteiger charge is 2.47. The number of thiophene rings is 1. The van der Waals surface area contributed by atoms with E-state index in [1.807, 2.05) is 35.7 Å². The predicted molar refractivity (Wildman–Crippen MR) is 128 cm³/mol. The normalized spacial score (nSPS) is 16.1. The quantitative estimate of drug-likeness (QED) is 0.185. The van der Waals surface area contributed by atoms with E-state index in [2.05, 4.69) is 10.2 Å². The third-order valence-corrected chi connectivity index (χ3v) is 8.32. The number of carbonyl (C=O) groups is 2. The van der Waals surface area contributed by atoms with Gasteiger partial charge in [0.15, 0.2) is 15.9 Å². The van der Waals surface area contributed by atoms with Crippen molar-refractivity contribution in [2.24, 2.45) is 0 Å². The average Bonchev–Trinajstić information content (AvgIpc) is 3.61. The number of benzene rings is 1. The predicted octanol–water partition coefficient (Wildman–Crippen LogP) is 5.92. The number of carbonyl (C=O) groups excluding carboxylic acids is 2. The molecular weight excluding hydrogens is 502 g/mol. The van der Waals surface area contributed by atoms with Crippen LogP contribution in [-0.2, 0) is 10.5 Å². The van der Waals surface area contributed by atoms with Crippen LogP contribution >= 0.6 is 46.0 Å². The van der Waals surface area contributed by atoms with Gasteiger partial charge in [-0.15, -0.1) is 21.5 Å². The van der Waals surface area contributed by atoms with Gasteiger partial charge < -0.3 is 9.52 Å². The first-order valence-corrected chi connectivity index (χ1v) is 12.7. The highest BCUT2D eigenvalue weighted by atomic mass is 35.5. The van der Waals surface area contributed by atoms with Gasteiger partial charge in [0.2, 0.25) is 10.9 Å². The topological polar surface area (TPSA) is 96.5 Å². The molecule has 166 valence electrons. The van der Waals surface area contributed by atoms with Crippen LogP contribution in [-0.4, -0.2) is 27.0 Å². The van der Waals surface area contributed by atoms with Crippen LogP contribution in [0.15, 0.2) is 80.3 Å². The molecule has 3 aromatic heterocycles. The van der Waals surface area contributed by atoms with Gasteiger partial charge in [0, 0.05) is 15.7 Å². The molecule has 33 heavy (non-hydrogen) atoms. The highest BCUT2D eigenvalue weighted by molar-refractivity contribution is 8.00. The van der Waals surface area contributed by atoms with E-state index >= 15 is 0 Å². The van der Waals surface area contributed by atoms with Crippen LogP contribution in [0.3, 0.4) is 0 Å². The number of rotatable bonds is 7. The summed E-state index contributed by atoms with van der Waals surface area (Å²) in [4.78, 5) is 28.2. The molecule has 0 fully saturated rings. The number of aliphatic hydroxyl groups excluding tert-OH is 1. The lowest BCUT2D eigenvalue weighted by Crippen LogP contribution is -2.30.